The molecule has 0 aliphatic rings. The van der Waals surface area contributed by atoms with Gasteiger partial charge < -0.3 is 14.2 Å². The van der Waals surface area contributed by atoms with Crippen LogP contribution in [0.4, 0.5) is 0 Å². The van der Waals surface area contributed by atoms with E-state index < -0.39 is 5.91 Å². The highest BCUT2D eigenvalue weighted by Gasteiger charge is 2.17. The minimum atomic E-state index is -0.502. The molecule has 27 heavy (non-hydrogen) atoms. The lowest BCUT2D eigenvalue weighted by Crippen LogP contribution is -2.42. The molecule has 1 aromatic carbocycles. The Labute approximate surface area is 170 Å². The summed E-state index contributed by atoms with van der Waals surface area (Å²) < 4.78 is 16.3. The van der Waals surface area contributed by atoms with Gasteiger partial charge in [0.05, 0.1) is 31.4 Å². The number of thioether (sulfide) groups is 1. The summed E-state index contributed by atoms with van der Waals surface area (Å²) in [5.74, 6) is 1.13. The normalized spacial score (nSPS) is 10.2. The van der Waals surface area contributed by atoms with E-state index in [1.165, 1.54) is 56.6 Å². The van der Waals surface area contributed by atoms with Crippen LogP contribution in [0.15, 0.2) is 24.3 Å². The third-order valence-electron chi connectivity index (χ3n) is 3.35. The molecule has 0 atom stereocenters. The van der Waals surface area contributed by atoms with Crippen LogP contribution in [-0.4, -0.2) is 38.9 Å². The highest BCUT2D eigenvalue weighted by molar-refractivity contribution is 7.99. The molecule has 2 amide bonds. The standard InChI is InChI=1S/C17H19ClN2O5S2/c1-23-12-6-10(7-13(24-2)16(12)25-3)17(22)20-19-15(21)9-26-8-11-4-5-14(18)27-11/h4-7H,8-9H2,1-3H3,(H,19,21)(H,20,22). The summed E-state index contributed by atoms with van der Waals surface area (Å²) in [4.78, 5) is 25.3. The summed E-state index contributed by atoms with van der Waals surface area (Å²) in [5, 5.41) is 0. The van der Waals surface area contributed by atoms with Crippen molar-refractivity contribution in [1.29, 1.82) is 0 Å². The first-order chi connectivity index (χ1) is 13.0. The van der Waals surface area contributed by atoms with Gasteiger partial charge in [0.2, 0.25) is 11.7 Å². The molecular formula is C17H19ClN2O5S2. The Morgan fingerprint density at radius 1 is 1.07 bits per heavy atom. The molecule has 2 N–H and O–H groups in total. The molecule has 2 rings (SSSR count). The van der Waals surface area contributed by atoms with Crippen LogP contribution in [0.2, 0.25) is 4.34 Å². The number of rotatable bonds is 8. The molecule has 0 fully saturated rings. The van der Waals surface area contributed by atoms with Crippen LogP contribution in [0.5, 0.6) is 17.2 Å². The quantitative estimate of drug-likeness (QED) is 0.626. The van der Waals surface area contributed by atoms with Gasteiger partial charge in [-0.1, -0.05) is 11.6 Å². The van der Waals surface area contributed by atoms with E-state index in [0.29, 0.717) is 27.3 Å². The van der Waals surface area contributed by atoms with Crippen molar-refractivity contribution < 1.29 is 23.8 Å². The number of nitrogens with one attached hydrogen (secondary N) is 2. The average Bonchev–Trinajstić information content (AvgIpc) is 3.09. The number of hydrazine groups is 1. The molecule has 1 heterocycles. The van der Waals surface area contributed by atoms with Crippen molar-refractivity contribution in [3.05, 3.63) is 39.0 Å². The van der Waals surface area contributed by atoms with Gasteiger partial charge in [-0.25, -0.2) is 0 Å². The van der Waals surface area contributed by atoms with Gasteiger partial charge in [0.15, 0.2) is 11.5 Å². The van der Waals surface area contributed by atoms with E-state index in [1.54, 1.807) is 0 Å². The lowest BCUT2D eigenvalue weighted by atomic mass is 10.1. The number of carbonyl (C=O) groups is 2. The number of hydrogen-bond donors (Lipinski definition) is 2. The van der Waals surface area contributed by atoms with Gasteiger partial charge in [0.1, 0.15) is 0 Å². The Morgan fingerprint density at radius 2 is 1.74 bits per heavy atom. The van der Waals surface area contributed by atoms with Crippen molar-refractivity contribution >= 4 is 46.5 Å². The molecule has 146 valence electrons. The van der Waals surface area contributed by atoms with E-state index in [2.05, 4.69) is 10.9 Å². The number of methoxy groups -OCH3 is 3. The van der Waals surface area contributed by atoms with Gasteiger partial charge in [-0.15, -0.1) is 23.1 Å². The maximum atomic E-state index is 12.3. The van der Waals surface area contributed by atoms with Crippen LogP contribution in [0.1, 0.15) is 15.2 Å². The first-order valence-electron chi connectivity index (χ1n) is 7.69. The molecule has 7 nitrogen and oxygen atoms in total. The van der Waals surface area contributed by atoms with Crippen molar-refractivity contribution in [2.24, 2.45) is 0 Å². The molecule has 0 saturated heterocycles. The van der Waals surface area contributed by atoms with Gasteiger partial charge in [-0.2, -0.15) is 0 Å². The van der Waals surface area contributed by atoms with Crippen molar-refractivity contribution in [3.8, 4) is 17.2 Å². The van der Waals surface area contributed by atoms with E-state index in [0.717, 1.165) is 4.88 Å². The summed E-state index contributed by atoms with van der Waals surface area (Å²) in [5.41, 5.74) is 5.01. The topological polar surface area (TPSA) is 85.9 Å². The number of carbonyl (C=O) groups excluding carboxylic acids is 2. The highest BCUT2D eigenvalue weighted by Crippen LogP contribution is 2.38. The minimum absolute atomic E-state index is 0.199. The fraction of sp³-hybridized carbons (Fsp3) is 0.294. The smallest absolute Gasteiger partial charge is 0.269 e. The predicted octanol–water partition coefficient (Wildman–Crippen LogP) is 3.12. The van der Waals surface area contributed by atoms with E-state index in [1.807, 2.05) is 12.1 Å². The summed E-state index contributed by atoms with van der Waals surface area (Å²) in [7, 11) is 4.39. The molecule has 0 radical (unpaired) electrons. The average molecular weight is 431 g/mol. The fourth-order valence-corrected chi connectivity index (χ4v) is 4.15. The number of ether oxygens (including phenoxy) is 3. The SMILES string of the molecule is COc1cc(C(=O)NNC(=O)CSCc2ccc(Cl)s2)cc(OC)c1OC. The van der Waals surface area contributed by atoms with E-state index >= 15 is 0 Å². The third kappa shape index (κ3) is 5.95. The van der Waals surface area contributed by atoms with Gasteiger partial charge in [0, 0.05) is 16.2 Å². The molecule has 0 saturated carbocycles. The van der Waals surface area contributed by atoms with Crippen molar-refractivity contribution in [1.82, 2.24) is 10.9 Å². The molecular weight excluding hydrogens is 412 g/mol. The van der Waals surface area contributed by atoms with Gasteiger partial charge in [0.25, 0.3) is 5.91 Å². The maximum Gasteiger partial charge on any atom is 0.269 e. The molecule has 0 aliphatic heterocycles. The number of thiophene rings is 1. The van der Waals surface area contributed by atoms with Crippen LogP contribution >= 0.6 is 34.7 Å². The molecule has 10 heteroatoms. The largest absolute Gasteiger partial charge is 0.493 e. The second-order valence-electron chi connectivity index (χ2n) is 5.11. The zero-order valence-electron chi connectivity index (χ0n) is 15.0. The van der Waals surface area contributed by atoms with Crippen molar-refractivity contribution in [3.63, 3.8) is 0 Å². The maximum absolute atomic E-state index is 12.3. The zero-order valence-corrected chi connectivity index (χ0v) is 17.3. The fourth-order valence-electron chi connectivity index (χ4n) is 2.12. The lowest BCUT2D eigenvalue weighted by molar-refractivity contribution is -0.119. The van der Waals surface area contributed by atoms with E-state index in [-0.39, 0.29) is 17.2 Å². The number of benzene rings is 1. The lowest BCUT2D eigenvalue weighted by Gasteiger charge is -2.14. The summed E-state index contributed by atoms with van der Waals surface area (Å²) in [6.45, 7) is 0. The van der Waals surface area contributed by atoms with Crippen molar-refractivity contribution in [2.75, 3.05) is 27.1 Å². The first-order valence-corrected chi connectivity index (χ1v) is 10.0. The van der Waals surface area contributed by atoms with Crippen LogP contribution < -0.4 is 25.1 Å². The Balaban J connectivity index is 1.88. The van der Waals surface area contributed by atoms with Crippen LogP contribution in [-0.2, 0) is 10.5 Å². The Kier molecular flexibility index (Phi) is 8.08. The summed E-state index contributed by atoms with van der Waals surface area (Å²) in [6, 6.07) is 6.74. The monoisotopic (exact) mass is 430 g/mol. The predicted molar refractivity (Wildman–Crippen MR) is 107 cm³/mol. The Bertz CT molecular complexity index is 787. The molecule has 0 spiro atoms. The summed E-state index contributed by atoms with van der Waals surface area (Å²) in [6.07, 6.45) is 0. The zero-order chi connectivity index (χ0) is 19.8. The van der Waals surface area contributed by atoms with Crippen LogP contribution in [0.3, 0.4) is 0 Å². The van der Waals surface area contributed by atoms with Gasteiger partial charge in [-0.3, -0.25) is 20.4 Å². The molecule has 0 unspecified atom stereocenters. The Morgan fingerprint density at radius 3 is 2.26 bits per heavy atom. The van der Waals surface area contributed by atoms with Gasteiger partial charge in [-0.05, 0) is 24.3 Å². The highest BCUT2D eigenvalue weighted by atomic mass is 35.5. The Hall–Kier alpha value is -2.10. The molecule has 1 aromatic heterocycles. The van der Waals surface area contributed by atoms with E-state index in [9.17, 15) is 9.59 Å². The number of halogens is 1. The second-order valence-corrected chi connectivity index (χ2v) is 7.90. The second kappa shape index (κ2) is 10.3. The summed E-state index contributed by atoms with van der Waals surface area (Å²) >= 11 is 8.76. The third-order valence-corrected chi connectivity index (χ3v) is 5.74. The molecule has 0 aliphatic carbocycles. The number of hydrogen-bond acceptors (Lipinski definition) is 7. The van der Waals surface area contributed by atoms with Crippen molar-refractivity contribution in [2.45, 2.75) is 5.75 Å². The molecule has 0 bridgehead atoms. The van der Waals surface area contributed by atoms with Crippen LogP contribution in [0, 0.1) is 0 Å². The minimum Gasteiger partial charge on any atom is -0.493 e. The van der Waals surface area contributed by atoms with E-state index in [4.69, 9.17) is 25.8 Å². The molecule has 2 aromatic rings. The number of amides is 2. The first kappa shape index (κ1) is 21.2. The van der Waals surface area contributed by atoms with Crippen LogP contribution in [0.25, 0.3) is 0 Å². The van der Waals surface area contributed by atoms with Gasteiger partial charge >= 0.3 is 0 Å².